The number of rotatable bonds is 6. The van der Waals surface area contributed by atoms with Gasteiger partial charge in [-0.2, -0.15) is 11.8 Å². The van der Waals surface area contributed by atoms with Crippen molar-refractivity contribution in [2.75, 3.05) is 32.9 Å². The Hall–Kier alpha value is 0.310. The third kappa shape index (κ3) is 6.14. The Kier molecular flexibility index (Phi) is 8.13. The van der Waals surface area contributed by atoms with Gasteiger partial charge in [-0.05, 0) is 52.3 Å². The highest BCUT2D eigenvalue weighted by Crippen LogP contribution is 2.36. The topological polar surface area (TPSA) is 39.7 Å². The molecule has 2 aliphatic rings. The van der Waals surface area contributed by atoms with E-state index in [9.17, 15) is 0 Å². The molecule has 0 radical (unpaired) electrons. The van der Waals surface area contributed by atoms with E-state index in [-0.39, 0.29) is 24.0 Å². The zero-order valence-corrected chi connectivity index (χ0v) is 17.0. The molecule has 0 spiro atoms. The number of thioether (sulfide) groups is 1. The van der Waals surface area contributed by atoms with E-state index in [0.29, 0.717) is 10.8 Å². The maximum absolute atomic E-state index is 4.34. The third-order valence-corrected chi connectivity index (χ3v) is 6.08. The molecule has 2 unspecified atom stereocenters. The molecule has 0 amide bonds. The summed E-state index contributed by atoms with van der Waals surface area (Å²) in [5, 5.41) is 6.95. The Bertz CT molecular complexity index is 341. The molecule has 124 valence electrons. The van der Waals surface area contributed by atoms with Crippen LogP contribution in [0.15, 0.2) is 4.99 Å². The van der Waals surface area contributed by atoms with Crippen LogP contribution in [0, 0.1) is 0 Å². The third-order valence-electron chi connectivity index (χ3n) is 4.54. The molecule has 0 aromatic carbocycles. The average Bonchev–Trinajstić information content (AvgIpc) is 3.20. The minimum atomic E-state index is 0. The van der Waals surface area contributed by atoms with Crippen molar-refractivity contribution < 1.29 is 0 Å². The maximum Gasteiger partial charge on any atom is 0.191 e. The van der Waals surface area contributed by atoms with E-state index in [4.69, 9.17) is 0 Å². The molecule has 0 aromatic heterocycles. The Morgan fingerprint density at radius 3 is 2.67 bits per heavy atom. The zero-order chi connectivity index (χ0) is 14.6. The average molecular weight is 426 g/mol. The molecular formula is C15H31IN4S. The highest BCUT2D eigenvalue weighted by Gasteiger charge is 2.30. The minimum Gasteiger partial charge on any atom is -0.355 e. The van der Waals surface area contributed by atoms with Crippen molar-refractivity contribution in [1.82, 2.24) is 15.5 Å². The van der Waals surface area contributed by atoms with Crippen LogP contribution >= 0.6 is 35.7 Å². The van der Waals surface area contributed by atoms with Gasteiger partial charge in [0, 0.05) is 37.0 Å². The number of likely N-dealkylation sites (N-methyl/N-ethyl adjacent to an activating group) is 1. The predicted molar refractivity (Wildman–Crippen MR) is 105 cm³/mol. The summed E-state index contributed by atoms with van der Waals surface area (Å²) in [6.07, 6.45) is 5.38. The van der Waals surface area contributed by atoms with Gasteiger partial charge in [0.15, 0.2) is 5.96 Å². The van der Waals surface area contributed by atoms with Crippen LogP contribution in [0.2, 0.25) is 0 Å². The van der Waals surface area contributed by atoms with E-state index in [1.54, 1.807) is 0 Å². The first-order valence-corrected chi connectivity index (χ1v) is 8.83. The van der Waals surface area contributed by atoms with Crippen LogP contribution in [0.4, 0.5) is 0 Å². The molecule has 1 aliphatic heterocycles. The van der Waals surface area contributed by atoms with Gasteiger partial charge in [-0.3, -0.25) is 9.89 Å². The number of halogens is 1. The van der Waals surface area contributed by atoms with E-state index in [0.717, 1.165) is 25.1 Å². The largest absolute Gasteiger partial charge is 0.355 e. The lowest BCUT2D eigenvalue weighted by atomic mass is 10.1. The van der Waals surface area contributed by atoms with Crippen molar-refractivity contribution in [3.63, 3.8) is 0 Å². The van der Waals surface area contributed by atoms with Crippen LogP contribution in [-0.2, 0) is 0 Å². The summed E-state index contributed by atoms with van der Waals surface area (Å²) >= 11 is 2.09. The van der Waals surface area contributed by atoms with Gasteiger partial charge >= 0.3 is 0 Å². The van der Waals surface area contributed by atoms with Crippen molar-refractivity contribution >= 4 is 41.7 Å². The molecular weight excluding hydrogens is 395 g/mol. The van der Waals surface area contributed by atoms with Crippen LogP contribution in [0.25, 0.3) is 0 Å². The number of hydrogen-bond donors (Lipinski definition) is 2. The Morgan fingerprint density at radius 1 is 1.43 bits per heavy atom. The molecule has 1 aliphatic carbocycles. The van der Waals surface area contributed by atoms with Gasteiger partial charge in [0.2, 0.25) is 0 Å². The Balaban J connectivity index is 0.00000220. The Labute approximate surface area is 151 Å². The molecule has 4 nitrogen and oxygen atoms in total. The SMILES string of the molecule is CN=C(NCC(C)N(C)C1CC1)NCC1(C)CCCS1.I. The van der Waals surface area contributed by atoms with E-state index in [1.807, 2.05) is 7.05 Å². The lowest BCUT2D eigenvalue weighted by Gasteiger charge is -2.27. The van der Waals surface area contributed by atoms with Gasteiger partial charge in [0.05, 0.1) is 0 Å². The van der Waals surface area contributed by atoms with Gasteiger partial charge in [0.25, 0.3) is 0 Å². The summed E-state index contributed by atoms with van der Waals surface area (Å²) in [4.78, 5) is 6.82. The van der Waals surface area contributed by atoms with Crippen LogP contribution in [0.1, 0.15) is 39.5 Å². The lowest BCUT2D eigenvalue weighted by Crippen LogP contribution is -2.48. The second kappa shape index (κ2) is 8.82. The highest BCUT2D eigenvalue weighted by molar-refractivity contribution is 14.0. The van der Waals surface area contributed by atoms with Gasteiger partial charge in [0.1, 0.15) is 0 Å². The van der Waals surface area contributed by atoms with E-state index >= 15 is 0 Å². The van der Waals surface area contributed by atoms with Gasteiger partial charge in [-0.1, -0.05) is 0 Å². The molecule has 0 aromatic rings. The van der Waals surface area contributed by atoms with Gasteiger partial charge < -0.3 is 10.6 Å². The van der Waals surface area contributed by atoms with Crippen molar-refractivity contribution in [1.29, 1.82) is 0 Å². The quantitative estimate of drug-likeness (QED) is 0.389. The summed E-state index contributed by atoms with van der Waals surface area (Å²) < 4.78 is 0.383. The van der Waals surface area contributed by atoms with Crippen molar-refractivity contribution in [2.24, 2.45) is 4.99 Å². The molecule has 1 saturated carbocycles. The number of hydrogen-bond acceptors (Lipinski definition) is 3. The first kappa shape index (κ1) is 19.4. The van der Waals surface area contributed by atoms with E-state index < -0.39 is 0 Å². The first-order chi connectivity index (χ1) is 9.54. The maximum atomic E-state index is 4.34. The van der Waals surface area contributed by atoms with Crippen molar-refractivity contribution in [3.05, 3.63) is 0 Å². The fourth-order valence-electron chi connectivity index (χ4n) is 2.70. The minimum absolute atomic E-state index is 0. The van der Waals surface area contributed by atoms with Crippen molar-refractivity contribution in [3.8, 4) is 0 Å². The lowest BCUT2D eigenvalue weighted by molar-refractivity contribution is 0.247. The van der Waals surface area contributed by atoms with Crippen molar-refractivity contribution in [2.45, 2.75) is 56.4 Å². The summed E-state index contributed by atoms with van der Waals surface area (Å²) in [6.45, 7) is 6.60. The molecule has 2 rings (SSSR count). The summed E-state index contributed by atoms with van der Waals surface area (Å²) in [5.74, 6) is 2.24. The molecule has 0 bridgehead atoms. The molecule has 21 heavy (non-hydrogen) atoms. The summed E-state index contributed by atoms with van der Waals surface area (Å²) in [5.41, 5.74) is 0. The number of nitrogens with one attached hydrogen (secondary N) is 2. The van der Waals surface area contributed by atoms with E-state index in [2.05, 4.69) is 53.2 Å². The fourth-order valence-corrected chi connectivity index (χ4v) is 3.94. The summed E-state index contributed by atoms with van der Waals surface area (Å²) in [6, 6.07) is 1.37. The summed E-state index contributed by atoms with van der Waals surface area (Å²) in [7, 11) is 4.09. The molecule has 2 atom stereocenters. The second-order valence-electron chi connectivity index (χ2n) is 6.45. The number of guanidine groups is 1. The molecule has 1 heterocycles. The van der Waals surface area contributed by atoms with Crippen LogP contribution in [-0.4, -0.2) is 60.6 Å². The van der Waals surface area contributed by atoms with Crippen LogP contribution in [0.5, 0.6) is 0 Å². The molecule has 6 heteroatoms. The smallest absolute Gasteiger partial charge is 0.191 e. The molecule has 2 N–H and O–H groups in total. The normalized spacial score (nSPS) is 27.4. The fraction of sp³-hybridized carbons (Fsp3) is 0.933. The predicted octanol–water partition coefficient (Wildman–Crippen LogP) is 2.54. The molecule has 1 saturated heterocycles. The van der Waals surface area contributed by atoms with Crippen LogP contribution < -0.4 is 10.6 Å². The number of nitrogens with zero attached hydrogens (tertiary/aromatic N) is 2. The first-order valence-electron chi connectivity index (χ1n) is 7.84. The standard InChI is InChI=1S/C15H30N4S.HI/c1-12(19(4)13-6-7-13)10-17-14(16-3)18-11-15(2)8-5-9-20-15;/h12-13H,5-11H2,1-4H3,(H2,16,17,18);1H. The van der Waals surface area contributed by atoms with Gasteiger partial charge in [-0.15, -0.1) is 24.0 Å². The number of aliphatic imine (C=N–C) groups is 1. The Morgan fingerprint density at radius 2 is 2.14 bits per heavy atom. The van der Waals surface area contributed by atoms with Crippen LogP contribution in [0.3, 0.4) is 0 Å². The second-order valence-corrected chi connectivity index (χ2v) is 8.14. The van der Waals surface area contributed by atoms with Gasteiger partial charge in [-0.25, -0.2) is 0 Å². The molecule has 2 fully saturated rings. The van der Waals surface area contributed by atoms with E-state index in [1.165, 1.54) is 31.4 Å². The highest BCUT2D eigenvalue weighted by atomic mass is 127. The zero-order valence-electron chi connectivity index (χ0n) is 13.8. The monoisotopic (exact) mass is 426 g/mol.